The summed E-state index contributed by atoms with van der Waals surface area (Å²) in [6.07, 6.45) is 3.09. The number of rotatable bonds is 5. The highest BCUT2D eigenvalue weighted by Crippen LogP contribution is 2.19. The van der Waals surface area contributed by atoms with Gasteiger partial charge in [-0.3, -0.25) is 0 Å². The van der Waals surface area contributed by atoms with Crippen LogP contribution in [0.2, 0.25) is 0 Å². The lowest BCUT2D eigenvalue weighted by Crippen LogP contribution is -1.95. The molecule has 0 heterocycles. The Balaban J connectivity index is 2.02. The van der Waals surface area contributed by atoms with Crippen LogP contribution < -0.4 is 4.74 Å². The number of ether oxygens (including phenoxy) is 1. The lowest BCUT2D eigenvalue weighted by atomic mass is 10.0. The van der Waals surface area contributed by atoms with E-state index < -0.39 is 0 Å². The second-order valence-electron chi connectivity index (χ2n) is 4.39. The van der Waals surface area contributed by atoms with Crippen molar-refractivity contribution >= 4 is 0 Å². The van der Waals surface area contributed by atoms with E-state index in [0.717, 1.165) is 30.6 Å². The van der Waals surface area contributed by atoms with E-state index >= 15 is 0 Å². The molecule has 0 fully saturated rings. The van der Waals surface area contributed by atoms with E-state index in [1.807, 2.05) is 18.2 Å². The third kappa shape index (κ3) is 3.13. The minimum absolute atomic E-state index is 0.933. The van der Waals surface area contributed by atoms with Crippen LogP contribution in [0, 0.1) is 6.07 Å². The average molecular weight is 239 g/mol. The summed E-state index contributed by atoms with van der Waals surface area (Å²) in [6, 6.07) is 18.0. The van der Waals surface area contributed by atoms with Gasteiger partial charge in [-0.25, -0.2) is 0 Å². The Morgan fingerprint density at radius 3 is 2.39 bits per heavy atom. The van der Waals surface area contributed by atoms with Crippen molar-refractivity contribution in [3.63, 3.8) is 0 Å². The fourth-order valence-corrected chi connectivity index (χ4v) is 2.05. The Morgan fingerprint density at radius 1 is 1.00 bits per heavy atom. The van der Waals surface area contributed by atoms with Crippen molar-refractivity contribution in [1.82, 2.24) is 0 Å². The van der Waals surface area contributed by atoms with Crippen molar-refractivity contribution < 1.29 is 4.74 Å². The molecule has 2 rings (SSSR count). The van der Waals surface area contributed by atoms with Gasteiger partial charge in [-0.1, -0.05) is 43.3 Å². The molecule has 1 nitrogen and oxygen atoms in total. The van der Waals surface area contributed by atoms with Gasteiger partial charge in [0.05, 0.1) is 7.11 Å². The maximum Gasteiger partial charge on any atom is 0.122 e. The van der Waals surface area contributed by atoms with Crippen molar-refractivity contribution in [2.24, 2.45) is 0 Å². The molecule has 93 valence electrons. The lowest BCUT2D eigenvalue weighted by molar-refractivity contribution is 0.409. The van der Waals surface area contributed by atoms with Gasteiger partial charge in [0.15, 0.2) is 0 Å². The summed E-state index contributed by atoms with van der Waals surface area (Å²) in [6.45, 7) is 2.18. The zero-order valence-electron chi connectivity index (χ0n) is 11.1. The van der Waals surface area contributed by atoms with E-state index in [0.29, 0.717) is 0 Å². The molecule has 0 N–H and O–H groups in total. The first-order chi connectivity index (χ1) is 8.83. The molecule has 0 aliphatic heterocycles. The molecule has 0 spiro atoms. The Kier molecular flexibility index (Phi) is 4.40. The Morgan fingerprint density at radius 2 is 1.72 bits per heavy atom. The van der Waals surface area contributed by atoms with Gasteiger partial charge in [0.25, 0.3) is 0 Å². The van der Waals surface area contributed by atoms with Crippen molar-refractivity contribution in [3.8, 4) is 5.75 Å². The second kappa shape index (κ2) is 6.25. The summed E-state index contributed by atoms with van der Waals surface area (Å²) in [7, 11) is 1.71. The summed E-state index contributed by atoms with van der Waals surface area (Å²) in [5.74, 6) is 0.933. The highest BCUT2D eigenvalue weighted by atomic mass is 16.5. The molecule has 0 atom stereocenters. The van der Waals surface area contributed by atoms with Gasteiger partial charge < -0.3 is 4.74 Å². The molecule has 18 heavy (non-hydrogen) atoms. The monoisotopic (exact) mass is 239 g/mol. The van der Waals surface area contributed by atoms with E-state index in [1.54, 1.807) is 7.11 Å². The second-order valence-corrected chi connectivity index (χ2v) is 4.39. The van der Waals surface area contributed by atoms with Gasteiger partial charge in [0, 0.05) is 5.56 Å². The first kappa shape index (κ1) is 12.7. The SMILES string of the molecule is CCc1ccc(CCc2[c]cccc2OC)cc1. The summed E-state index contributed by atoms with van der Waals surface area (Å²) >= 11 is 0. The predicted octanol–water partition coefficient (Wildman–Crippen LogP) is 3.84. The standard InChI is InChI=1S/C17H19O/c1-3-14-8-10-15(11-9-14)12-13-16-6-4-5-7-17(16)18-2/h4-5,7-11H,3,12-13H2,1-2H3. The fraction of sp³-hybridized carbons (Fsp3) is 0.294. The van der Waals surface area contributed by atoms with Gasteiger partial charge in [0.2, 0.25) is 0 Å². The summed E-state index contributed by atoms with van der Waals surface area (Å²) < 4.78 is 5.34. The van der Waals surface area contributed by atoms with E-state index in [4.69, 9.17) is 4.74 Å². The van der Waals surface area contributed by atoms with Crippen LogP contribution in [-0.4, -0.2) is 7.11 Å². The summed E-state index contributed by atoms with van der Waals surface area (Å²) in [5.41, 5.74) is 3.91. The van der Waals surface area contributed by atoms with Crippen LogP contribution in [0.25, 0.3) is 0 Å². The van der Waals surface area contributed by atoms with Crippen LogP contribution in [0.15, 0.2) is 42.5 Å². The molecule has 0 saturated heterocycles. The van der Waals surface area contributed by atoms with Crippen molar-refractivity contribution in [2.75, 3.05) is 7.11 Å². The Hall–Kier alpha value is -1.76. The minimum atomic E-state index is 0.933. The summed E-state index contributed by atoms with van der Waals surface area (Å²) in [5, 5.41) is 0. The molecule has 0 aliphatic rings. The van der Waals surface area contributed by atoms with Crippen LogP contribution in [0.5, 0.6) is 5.75 Å². The molecule has 0 unspecified atom stereocenters. The summed E-state index contributed by atoms with van der Waals surface area (Å²) in [4.78, 5) is 0. The molecule has 0 saturated carbocycles. The first-order valence-corrected chi connectivity index (χ1v) is 6.45. The van der Waals surface area contributed by atoms with Crippen LogP contribution in [0.3, 0.4) is 0 Å². The maximum atomic E-state index is 5.34. The predicted molar refractivity (Wildman–Crippen MR) is 75.1 cm³/mol. The molecule has 0 bridgehead atoms. The van der Waals surface area contributed by atoms with E-state index in [9.17, 15) is 0 Å². The molecular formula is C17H19O. The third-order valence-corrected chi connectivity index (χ3v) is 3.21. The van der Waals surface area contributed by atoms with Crippen molar-refractivity contribution in [3.05, 3.63) is 65.2 Å². The maximum absolute atomic E-state index is 5.34. The fourth-order valence-electron chi connectivity index (χ4n) is 2.05. The number of hydrogen-bond donors (Lipinski definition) is 0. The highest BCUT2D eigenvalue weighted by Gasteiger charge is 2.02. The topological polar surface area (TPSA) is 9.23 Å². The lowest BCUT2D eigenvalue weighted by Gasteiger charge is -2.08. The van der Waals surface area contributed by atoms with Gasteiger partial charge in [-0.05, 0) is 42.5 Å². The number of hydrogen-bond acceptors (Lipinski definition) is 1. The van der Waals surface area contributed by atoms with Gasteiger partial charge in [-0.15, -0.1) is 0 Å². The van der Waals surface area contributed by atoms with E-state index in [2.05, 4.69) is 37.3 Å². The largest absolute Gasteiger partial charge is 0.496 e. The first-order valence-electron chi connectivity index (χ1n) is 6.45. The van der Waals surface area contributed by atoms with E-state index in [-0.39, 0.29) is 0 Å². The minimum Gasteiger partial charge on any atom is -0.496 e. The molecule has 1 radical (unpaired) electrons. The Bertz CT molecular complexity index is 485. The molecule has 2 aromatic carbocycles. The molecule has 0 aromatic heterocycles. The van der Waals surface area contributed by atoms with Crippen LogP contribution in [0.4, 0.5) is 0 Å². The third-order valence-electron chi connectivity index (χ3n) is 3.21. The van der Waals surface area contributed by atoms with Crippen molar-refractivity contribution in [2.45, 2.75) is 26.2 Å². The van der Waals surface area contributed by atoms with Gasteiger partial charge in [-0.2, -0.15) is 0 Å². The zero-order valence-corrected chi connectivity index (χ0v) is 11.1. The smallest absolute Gasteiger partial charge is 0.122 e. The molecular weight excluding hydrogens is 220 g/mol. The van der Waals surface area contributed by atoms with Crippen molar-refractivity contribution in [1.29, 1.82) is 0 Å². The number of methoxy groups -OCH3 is 1. The highest BCUT2D eigenvalue weighted by molar-refractivity contribution is 5.33. The zero-order chi connectivity index (χ0) is 12.8. The normalized spacial score (nSPS) is 10.3. The van der Waals surface area contributed by atoms with Crippen LogP contribution in [-0.2, 0) is 19.3 Å². The van der Waals surface area contributed by atoms with E-state index in [1.165, 1.54) is 11.1 Å². The molecule has 2 aromatic rings. The molecule has 0 aliphatic carbocycles. The van der Waals surface area contributed by atoms with Gasteiger partial charge in [0.1, 0.15) is 5.75 Å². The number of benzene rings is 2. The number of aryl methyl sites for hydroxylation is 3. The van der Waals surface area contributed by atoms with Crippen LogP contribution in [0.1, 0.15) is 23.6 Å². The molecule has 0 amide bonds. The quantitative estimate of drug-likeness (QED) is 0.770. The molecule has 1 heteroatoms. The van der Waals surface area contributed by atoms with Gasteiger partial charge >= 0.3 is 0 Å². The Labute approximate surface area is 109 Å². The van der Waals surface area contributed by atoms with Crippen LogP contribution >= 0.6 is 0 Å². The average Bonchev–Trinajstić information content (AvgIpc) is 2.46.